The first-order chi connectivity index (χ1) is 12.1. The van der Waals surface area contributed by atoms with Crippen LogP contribution in [0.15, 0.2) is 29.2 Å². The van der Waals surface area contributed by atoms with E-state index < -0.39 is 12.1 Å². The van der Waals surface area contributed by atoms with Gasteiger partial charge in [0.25, 0.3) is 0 Å². The van der Waals surface area contributed by atoms with Crippen molar-refractivity contribution in [3.63, 3.8) is 0 Å². The molecule has 3 rings (SSSR count). The van der Waals surface area contributed by atoms with Crippen LogP contribution in [-0.4, -0.2) is 58.1 Å². The van der Waals surface area contributed by atoms with Gasteiger partial charge in [-0.1, -0.05) is 6.08 Å². The van der Waals surface area contributed by atoms with Gasteiger partial charge in [0.05, 0.1) is 6.54 Å². The van der Waals surface area contributed by atoms with Crippen molar-refractivity contribution in [1.29, 1.82) is 0 Å². The number of hydrogen-bond donors (Lipinski definition) is 1. The Morgan fingerprint density at radius 2 is 2.08 bits per heavy atom. The maximum atomic E-state index is 12.0. The third-order valence-electron chi connectivity index (χ3n) is 4.45. The number of fused-ring (bicyclic) bond motifs is 1. The predicted molar refractivity (Wildman–Crippen MR) is 86.3 cm³/mol. The Hall–Kier alpha value is -2.29. The Morgan fingerprint density at radius 1 is 1.42 bits per heavy atom. The van der Waals surface area contributed by atoms with Crippen LogP contribution >= 0.6 is 0 Å². The molecule has 0 aliphatic carbocycles. The van der Waals surface area contributed by atoms with E-state index in [2.05, 4.69) is 11.5 Å². The number of hydrogen-bond acceptors (Lipinski definition) is 4. The number of carboxylic acid groups (broad SMARTS) is 1. The van der Waals surface area contributed by atoms with Gasteiger partial charge in [-0.3, -0.25) is 9.69 Å². The maximum absolute atomic E-state index is 12.0. The van der Waals surface area contributed by atoms with E-state index in [1.165, 1.54) is 0 Å². The maximum Gasteiger partial charge on any atom is 0.490 e. The number of halogens is 3. The minimum absolute atomic E-state index is 0.259. The number of aryl methyl sites for hydroxylation is 1. The Kier molecular flexibility index (Phi) is 6.12. The lowest BCUT2D eigenvalue weighted by molar-refractivity contribution is -0.192. The number of alkyl halides is 3. The average molecular weight is 374 g/mol. The first-order valence-corrected chi connectivity index (χ1v) is 8.13. The van der Waals surface area contributed by atoms with Crippen LogP contribution in [-0.2, 0) is 16.1 Å². The summed E-state index contributed by atoms with van der Waals surface area (Å²) in [5.74, 6) is -0.558. The molecular weight excluding hydrogens is 353 g/mol. The van der Waals surface area contributed by atoms with Crippen LogP contribution in [0.25, 0.3) is 0 Å². The number of carbonyl (C=O) groups is 2. The highest BCUT2D eigenvalue weighted by Gasteiger charge is 2.46. The number of aliphatic carboxylic acids is 1. The third kappa shape index (κ3) is 4.66. The summed E-state index contributed by atoms with van der Waals surface area (Å²) in [6, 6.07) is 4.73. The Labute approximate surface area is 148 Å². The van der Waals surface area contributed by atoms with E-state index in [4.69, 9.17) is 14.3 Å². The molecule has 0 aromatic carbocycles. The van der Waals surface area contributed by atoms with E-state index in [9.17, 15) is 18.0 Å². The van der Waals surface area contributed by atoms with Gasteiger partial charge in [-0.2, -0.15) is 13.2 Å². The zero-order valence-electron chi connectivity index (χ0n) is 14.3. The molecule has 2 saturated heterocycles. The van der Waals surface area contributed by atoms with Crippen LogP contribution in [0.4, 0.5) is 13.2 Å². The van der Waals surface area contributed by atoms with Crippen molar-refractivity contribution in [1.82, 2.24) is 9.80 Å². The van der Waals surface area contributed by atoms with Crippen molar-refractivity contribution < 1.29 is 32.3 Å². The molecule has 2 atom stereocenters. The molecule has 0 bridgehead atoms. The molecule has 6 nitrogen and oxygen atoms in total. The van der Waals surface area contributed by atoms with E-state index in [0.717, 1.165) is 31.0 Å². The lowest BCUT2D eigenvalue weighted by Gasteiger charge is -2.24. The lowest BCUT2D eigenvalue weighted by Crippen LogP contribution is -2.37. The number of carboxylic acids is 1. The summed E-state index contributed by atoms with van der Waals surface area (Å²) >= 11 is 0. The van der Waals surface area contributed by atoms with Crippen LogP contribution < -0.4 is 0 Å². The number of carbonyl (C=O) groups excluding carboxylic acids is 1. The topological polar surface area (TPSA) is 74.0 Å². The van der Waals surface area contributed by atoms with Gasteiger partial charge in [0, 0.05) is 31.6 Å². The van der Waals surface area contributed by atoms with Crippen molar-refractivity contribution in [3.8, 4) is 0 Å². The number of rotatable bonds is 4. The fourth-order valence-electron chi connectivity index (χ4n) is 3.35. The number of likely N-dealkylation sites (tertiary alicyclic amines) is 2. The van der Waals surface area contributed by atoms with Gasteiger partial charge in [-0.05, 0) is 25.5 Å². The molecule has 1 aromatic rings. The van der Waals surface area contributed by atoms with Gasteiger partial charge < -0.3 is 14.4 Å². The lowest BCUT2D eigenvalue weighted by atomic mass is 10.1. The van der Waals surface area contributed by atoms with Crippen LogP contribution in [0.5, 0.6) is 0 Å². The molecule has 26 heavy (non-hydrogen) atoms. The van der Waals surface area contributed by atoms with Gasteiger partial charge in [-0.15, -0.1) is 6.58 Å². The predicted octanol–water partition coefficient (Wildman–Crippen LogP) is 2.58. The second-order valence-electron chi connectivity index (χ2n) is 6.25. The molecule has 1 aromatic heterocycles. The molecule has 9 heteroatoms. The van der Waals surface area contributed by atoms with Gasteiger partial charge in [0.2, 0.25) is 5.91 Å². The molecule has 2 aliphatic heterocycles. The standard InChI is InChI=1S/C15H20N2O2.C2HF3O2/c1-3-7-17-13-6-8-16(14(13)9-15(17)18)10-12-5-4-11(2)19-12;3-2(4,5)1(6)7/h3-5,13-14H,1,6-10H2,2H3;(H,6,7)/t13-,14+;/m0./s1. The SMILES string of the molecule is C=CCN1C(=O)C[C@@H]2[C@@H]1CCN2Cc1ccc(C)o1.O=C(O)C(F)(F)F. The summed E-state index contributed by atoms with van der Waals surface area (Å²) in [4.78, 5) is 25.3. The van der Waals surface area contributed by atoms with E-state index in [1.54, 1.807) is 0 Å². The molecule has 0 unspecified atom stereocenters. The molecular formula is C17H21F3N2O4. The first kappa shape index (κ1) is 20.0. The van der Waals surface area contributed by atoms with E-state index in [0.29, 0.717) is 25.0 Å². The monoisotopic (exact) mass is 374 g/mol. The van der Waals surface area contributed by atoms with Gasteiger partial charge >= 0.3 is 12.1 Å². The number of furan rings is 1. The molecule has 0 saturated carbocycles. The zero-order chi connectivity index (χ0) is 19.5. The van der Waals surface area contributed by atoms with Gasteiger partial charge in [0.15, 0.2) is 0 Å². The van der Waals surface area contributed by atoms with Crippen molar-refractivity contribution >= 4 is 11.9 Å². The van der Waals surface area contributed by atoms with Crippen molar-refractivity contribution in [2.75, 3.05) is 13.1 Å². The molecule has 2 aliphatic rings. The smallest absolute Gasteiger partial charge is 0.475 e. The Bertz CT molecular complexity index is 671. The van der Waals surface area contributed by atoms with Crippen molar-refractivity contribution in [2.24, 2.45) is 0 Å². The van der Waals surface area contributed by atoms with E-state index in [-0.39, 0.29) is 5.91 Å². The third-order valence-corrected chi connectivity index (χ3v) is 4.45. The second-order valence-corrected chi connectivity index (χ2v) is 6.25. The molecule has 144 valence electrons. The molecule has 0 radical (unpaired) electrons. The fourth-order valence-corrected chi connectivity index (χ4v) is 3.35. The van der Waals surface area contributed by atoms with Crippen LogP contribution in [0, 0.1) is 6.92 Å². The van der Waals surface area contributed by atoms with Crippen LogP contribution in [0.3, 0.4) is 0 Å². The van der Waals surface area contributed by atoms with Gasteiger partial charge in [-0.25, -0.2) is 4.79 Å². The summed E-state index contributed by atoms with van der Waals surface area (Å²) in [5.41, 5.74) is 0. The van der Waals surface area contributed by atoms with Gasteiger partial charge in [0.1, 0.15) is 11.5 Å². The molecule has 3 heterocycles. The highest BCUT2D eigenvalue weighted by atomic mass is 19.4. The summed E-state index contributed by atoms with van der Waals surface area (Å²) < 4.78 is 37.4. The molecule has 1 amide bonds. The van der Waals surface area contributed by atoms with Crippen molar-refractivity contribution in [3.05, 3.63) is 36.3 Å². The second kappa shape index (κ2) is 7.94. The molecule has 2 fully saturated rings. The highest BCUT2D eigenvalue weighted by Crippen LogP contribution is 2.33. The highest BCUT2D eigenvalue weighted by molar-refractivity contribution is 5.80. The minimum atomic E-state index is -5.08. The quantitative estimate of drug-likeness (QED) is 0.820. The van der Waals surface area contributed by atoms with Crippen molar-refractivity contribution in [2.45, 2.75) is 44.6 Å². The average Bonchev–Trinajstić information content (AvgIpc) is 3.19. The number of nitrogens with zero attached hydrogens (tertiary/aromatic N) is 2. The minimum Gasteiger partial charge on any atom is -0.475 e. The summed E-state index contributed by atoms with van der Waals surface area (Å²) in [6.45, 7) is 8.22. The Morgan fingerprint density at radius 3 is 2.58 bits per heavy atom. The summed E-state index contributed by atoms with van der Waals surface area (Å²) in [7, 11) is 0. The van der Waals surface area contributed by atoms with Crippen LogP contribution in [0.1, 0.15) is 24.4 Å². The number of amides is 1. The Balaban J connectivity index is 0.000000298. The molecule has 0 spiro atoms. The largest absolute Gasteiger partial charge is 0.490 e. The summed E-state index contributed by atoms with van der Waals surface area (Å²) in [5, 5.41) is 7.12. The van der Waals surface area contributed by atoms with E-state index in [1.807, 2.05) is 30.0 Å². The normalized spacial score (nSPS) is 22.8. The van der Waals surface area contributed by atoms with Crippen LogP contribution in [0.2, 0.25) is 0 Å². The first-order valence-electron chi connectivity index (χ1n) is 8.13. The summed E-state index contributed by atoms with van der Waals surface area (Å²) in [6.07, 6.45) is -1.57. The van der Waals surface area contributed by atoms with E-state index >= 15 is 0 Å². The molecule has 1 N–H and O–H groups in total. The zero-order valence-corrected chi connectivity index (χ0v) is 14.3. The fraction of sp³-hybridized carbons (Fsp3) is 0.529.